The quantitative estimate of drug-likeness (QED) is 0.856. The van der Waals surface area contributed by atoms with Gasteiger partial charge in [0, 0.05) is 6.04 Å². The zero-order chi connectivity index (χ0) is 13.0. The highest BCUT2D eigenvalue weighted by Crippen LogP contribution is 2.54. The van der Waals surface area contributed by atoms with Gasteiger partial charge in [0.05, 0.1) is 17.6 Å². The molecule has 4 fully saturated rings. The normalized spacial score (nSPS) is 39.5. The van der Waals surface area contributed by atoms with Crippen LogP contribution in [0.4, 0.5) is 11.6 Å². The Morgan fingerprint density at radius 1 is 1.11 bits per heavy atom. The molecule has 0 spiro atoms. The zero-order valence-corrected chi connectivity index (χ0v) is 11.5. The second-order valence-electron chi connectivity index (χ2n) is 6.84. The molecule has 0 saturated heterocycles. The van der Waals surface area contributed by atoms with Gasteiger partial charge in [0.1, 0.15) is 0 Å². The topological polar surface area (TPSA) is 63.8 Å². The Morgan fingerprint density at radius 3 is 2.32 bits per heavy atom. The summed E-state index contributed by atoms with van der Waals surface area (Å²) < 4.78 is 0. The molecule has 0 unspecified atom stereocenters. The highest BCUT2D eigenvalue weighted by atomic mass is 15.1. The molecular formula is C15H22N4. The summed E-state index contributed by atoms with van der Waals surface area (Å²) >= 11 is 0. The molecule has 5 rings (SSSR count). The summed E-state index contributed by atoms with van der Waals surface area (Å²) in [6.07, 6.45) is 8.88. The minimum Gasteiger partial charge on any atom is -0.396 e. The van der Waals surface area contributed by atoms with E-state index >= 15 is 0 Å². The molecule has 1 heterocycles. The number of hydrogen-bond donors (Lipinski definition) is 2. The van der Waals surface area contributed by atoms with E-state index in [1.165, 1.54) is 32.1 Å². The molecule has 0 aromatic carbocycles. The largest absolute Gasteiger partial charge is 0.396 e. The predicted molar refractivity (Wildman–Crippen MR) is 75.6 cm³/mol. The highest BCUT2D eigenvalue weighted by Gasteiger charge is 2.48. The fourth-order valence-electron chi connectivity index (χ4n) is 4.86. The molecule has 4 aliphatic rings. The Morgan fingerprint density at radius 2 is 1.74 bits per heavy atom. The van der Waals surface area contributed by atoms with Gasteiger partial charge >= 0.3 is 0 Å². The van der Waals surface area contributed by atoms with E-state index in [0.717, 1.165) is 35.3 Å². The summed E-state index contributed by atoms with van der Waals surface area (Å²) in [4.78, 5) is 8.82. The summed E-state index contributed by atoms with van der Waals surface area (Å²) in [6, 6.07) is 0.593. The van der Waals surface area contributed by atoms with E-state index < -0.39 is 0 Å². The Bertz CT molecular complexity index is 471. The summed E-state index contributed by atoms with van der Waals surface area (Å²) in [7, 11) is 0. The van der Waals surface area contributed by atoms with Crippen molar-refractivity contribution in [3.63, 3.8) is 0 Å². The van der Waals surface area contributed by atoms with Crippen LogP contribution < -0.4 is 11.1 Å². The Labute approximate surface area is 114 Å². The maximum atomic E-state index is 5.79. The number of nitrogen functional groups attached to an aromatic ring is 1. The first-order chi connectivity index (χ1) is 9.19. The van der Waals surface area contributed by atoms with Crippen molar-refractivity contribution in [3.05, 3.63) is 11.9 Å². The molecular weight excluding hydrogens is 236 g/mol. The van der Waals surface area contributed by atoms with Crippen LogP contribution >= 0.6 is 0 Å². The number of nitrogens with two attached hydrogens (primary N) is 1. The number of aryl methyl sites for hydroxylation is 1. The van der Waals surface area contributed by atoms with Crippen LogP contribution in [-0.4, -0.2) is 16.0 Å². The predicted octanol–water partition coefficient (Wildman–Crippen LogP) is 2.60. The van der Waals surface area contributed by atoms with E-state index in [1.807, 2.05) is 6.92 Å². The van der Waals surface area contributed by atoms with Crippen molar-refractivity contribution < 1.29 is 0 Å². The van der Waals surface area contributed by atoms with Crippen molar-refractivity contribution in [2.75, 3.05) is 11.1 Å². The fraction of sp³-hybridized carbons (Fsp3) is 0.733. The Kier molecular flexibility index (Phi) is 2.47. The van der Waals surface area contributed by atoms with E-state index in [4.69, 9.17) is 5.73 Å². The van der Waals surface area contributed by atoms with Gasteiger partial charge in [0.25, 0.3) is 0 Å². The third-order valence-corrected chi connectivity index (χ3v) is 5.54. The zero-order valence-electron chi connectivity index (χ0n) is 11.5. The van der Waals surface area contributed by atoms with Gasteiger partial charge in [0.2, 0.25) is 5.95 Å². The lowest BCUT2D eigenvalue weighted by Crippen LogP contribution is -2.51. The van der Waals surface area contributed by atoms with E-state index in [-0.39, 0.29) is 0 Å². The molecule has 3 N–H and O–H groups in total. The van der Waals surface area contributed by atoms with Crippen LogP contribution in [0.1, 0.15) is 37.8 Å². The van der Waals surface area contributed by atoms with Gasteiger partial charge in [-0.2, -0.15) is 0 Å². The smallest absolute Gasteiger partial charge is 0.223 e. The highest BCUT2D eigenvalue weighted by molar-refractivity contribution is 5.43. The van der Waals surface area contributed by atoms with Crippen molar-refractivity contribution in [3.8, 4) is 0 Å². The van der Waals surface area contributed by atoms with E-state index in [0.29, 0.717) is 11.7 Å². The molecule has 0 atom stereocenters. The van der Waals surface area contributed by atoms with Gasteiger partial charge in [-0.3, -0.25) is 0 Å². The fourth-order valence-corrected chi connectivity index (χ4v) is 4.86. The molecule has 0 aliphatic heterocycles. The summed E-state index contributed by atoms with van der Waals surface area (Å²) in [5.74, 6) is 4.48. The number of anilines is 2. The maximum absolute atomic E-state index is 5.79. The monoisotopic (exact) mass is 258 g/mol. The Balaban J connectivity index is 1.55. The molecule has 19 heavy (non-hydrogen) atoms. The number of rotatable bonds is 2. The van der Waals surface area contributed by atoms with Gasteiger partial charge in [-0.05, 0) is 62.7 Å². The van der Waals surface area contributed by atoms with Crippen molar-refractivity contribution in [2.24, 2.45) is 23.7 Å². The lowest BCUT2D eigenvalue weighted by molar-refractivity contribution is 0.00728. The third kappa shape index (κ3) is 1.88. The van der Waals surface area contributed by atoms with Gasteiger partial charge in [0.15, 0.2) is 0 Å². The van der Waals surface area contributed by atoms with Gasteiger partial charge in [-0.25, -0.2) is 9.97 Å². The van der Waals surface area contributed by atoms with Crippen LogP contribution in [0.15, 0.2) is 6.20 Å². The molecule has 1 aromatic rings. The van der Waals surface area contributed by atoms with Crippen molar-refractivity contribution in [2.45, 2.75) is 45.1 Å². The van der Waals surface area contributed by atoms with E-state index in [1.54, 1.807) is 6.20 Å². The average Bonchev–Trinajstić information content (AvgIpc) is 2.37. The van der Waals surface area contributed by atoms with Gasteiger partial charge < -0.3 is 11.1 Å². The first-order valence-corrected chi connectivity index (χ1v) is 7.54. The molecule has 4 aliphatic carbocycles. The minimum absolute atomic E-state index is 0.593. The van der Waals surface area contributed by atoms with Crippen molar-refractivity contribution in [1.82, 2.24) is 9.97 Å². The average molecular weight is 258 g/mol. The maximum Gasteiger partial charge on any atom is 0.223 e. The first kappa shape index (κ1) is 11.5. The summed E-state index contributed by atoms with van der Waals surface area (Å²) in [5, 5.41) is 3.61. The van der Waals surface area contributed by atoms with Crippen LogP contribution in [0.2, 0.25) is 0 Å². The summed E-state index contributed by atoms with van der Waals surface area (Å²) in [6.45, 7) is 1.94. The van der Waals surface area contributed by atoms with Crippen LogP contribution in [0.5, 0.6) is 0 Å². The lowest BCUT2D eigenvalue weighted by atomic mass is 9.54. The van der Waals surface area contributed by atoms with Crippen LogP contribution in [0, 0.1) is 30.6 Å². The Hall–Kier alpha value is -1.32. The van der Waals surface area contributed by atoms with Crippen molar-refractivity contribution in [1.29, 1.82) is 0 Å². The van der Waals surface area contributed by atoms with Crippen LogP contribution in [0.3, 0.4) is 0 Å². The van der Waals surface area contributed by atoms with Crippen molar-refractivity contribution >= 4 is 11.6 Å². The number of nitrogens with one attached hydrogen (secondary N) is 1. The lowest BCUT2D eigenvalue weighted by Gasteiger charge is -2.54. The molecule has 0 radical (unpaired) electrons. The molecule has 4 saturated carbocycles. The standard InChI is InChI=1S/C15H22N4/c1-8-13(16)7-17-15(18-8)19-14-11-3-9-2-10(5-11)6-12(14)4-9/h7,9-12,14H,2-6,16H2,1H3,(H,17,18,19). The van der Waals surface area contributed by atoms with E-state index in [2.05, 4.69) is 15.3 Å². The summed E-state index contributed by atoms with van der Waals surface area (Å²) in [5.41, 5.74) is 7.34. The molecule has 102 valence electrons. The first-order valence-electron chi connectivity index (χ1n) is 7.54. The third-order valence-electron chi connectivity index (χ3n) is 5.54. The second-order valence-corrected chi connectivity index (χ2v) is 6.84. The van der Waals surface area contributed by atoms with Gasteiger partial charge in [-0.15, -0.1) is 0 Å². The van der Waals surface area contributed by atoms with Gasteiger partial charge in [-0.1, -0.05) is 0 Å². The molecule has 0 amide bonds. The minimum atomic E-state index is 0.593. The molecule has 4 bridgehead atoms. The number of aromatic nitrogens is 2. The van der Waals surface area contributed by atoms with Crippen LogP contribution in [0.25, 0.3) is 0 Å². The van der Waals surface area contributed by atoms with Crippen LogP contribution in [-0.2, 0) is 0 Å². The SMILES string of the molecule is Cc1nc(NC2C3CC4CC(C3)CC2C4)ncc1N. The molecule has 1 aromatic heterocycles. The number of nitrogens with zero attached hydrogens (tertiary/aromatic N) is 2. The van der Waals surface area contributed by atoms with E-state index in [9.17, 15) is 0 Å². The molecule has 4 heteroatoms. The molecule has 4 nitrogen and oxygen atoms in total. The number of hydrogen-bond acceptors (Lipinski definition) is 4. The second kappa shape index (κ2) is 4.09.